The van der Waals surface area contributed by atoms with Crippen LogP contribution in [0, 0.1) is 0 Å². The molecule has 106 valence electrons. The SMILES string of the molecule is CC=C(CCc1ccc2cc(OC)ccc2c1)C(O)O. The third kappa shape index (κ3) is 3.38. The third-order valence-electron chi connectivity index (χ3n) is 3.52. The van der Waals surface area contributed by atoms with E-state index in [-0.39, 0.29) is 0 Å². The molecule has 0 aliphatic carbocycles. The number of aryl methyl sites for hydroxylation is 1. The first-order valence-corrected chi connectivity index (χ1v) is 6.72. The van der Waals surface area contributed by atoms with Crippen molar-refractivity contribution in [1.82, 2.24) is 0 Å². The lowest BCUT2D eigenvalue weighted by Crippen LogP contribution is -2.09. The van der Waals surface area contributed by atoms with Crippen molar-refractivity contribution in [3.63, 3.8) is 0 Å². The Morgan fingerprint density at radius 1 is 1.15 bits per heavy atom. The summed E-state index contributed by atoms with van der Waals surface area (Å²) in [6, 6.07) is 12.3. The van der Waals surface area contributed by atoms with E-state index in [1.165, 1.54) is 5.56 Å². The predicted molar refractivity (Wildman–Crippen MR) is 80.8 cm³/mol. The molecule has 0 fully saturated rings. The number of hydrogen-bond donors (Lipinski definition) is 2. The Hall–Kier alpha value is -1.84. The Balaban J connectivity index is 2.16. The van der Waals surface area contributed by atoms with Crippen LogP contribution in [0.4, 0.5) is 0 Å². The maximum absolute atomic E-state index is 9.19. The molecule has 2 aromatic rings. The fraction of sp³-hybridized carbons (Fsp3) is 0.294. The first-order valence-electron chi connectivity index (χ1n) is 6.72. The average molecular weight is 272 g/mol. The van der Waals surface area contributed by atoms with Crippen molar-refractivity contribution < 1.29 is 14.9 Å². The summed E-state index contributed by atoms with van der Waals surface area (Å²) in [5.41, 5.74) is 1.84. The van der Waals surface area contributed by atoms with Gasteiger partial charge >= 0.3 is 0 Å². The summed E-state index contributed by atoms with van der Waals surface area (Å²) in [6.07, 6.45) is 1.84. The van der Waals surface area contributed by atoms with Crippen LogP contribution in [-0.4, -0.2) is 23.6 Å². The number of benzene rings is 2. The monoisotopic (exact) mass is 272 g/mol. The van der Waals surface area contributed by atoms with Crippen LogP contribution < -0.4 is 4.74 Å². The Morgan fingerprint density at radius 2 is 1.85 bits per heavy atom. The quantitative estimate of drug-likeness (QED) is 0.649. The van der Waals surface area contributed by atoms with Gasteiger partial charge in [0.05, 0.1) is 7.11 Å². The normalized spacial score (nSPS) is 12.2. The molecule has 2 rings (SSSR count). The number of hydrogen-bond acceptors (Lipinski definition) is 3. The molecule has 0 aliphatic heterocycles. The molecule has 0 radical (unpaired) electrons. The highest BCUT2D eigenvalue weighted by Gasteiger charge is 2.06. The van der Waals surface area contributed by atoms with Gasteiger partial charge in [-0.25, -0.2) is 0 Å². The maximum atomic E-state index is 9.19. The van der Waals surface area contributed by atoms with Crippen LogP contribution in [0.3, 0.4) is 0 Å². The van der Waals surface area contributed by atoms with E-state index >= 15 is 0 Å². The fourth-order valence-electron chi connectivity index (χ4n) is 2.27. The Kier molecular flexibility index (Phi) is 4.77. The molecule has 0 atom stereocenters. The number of ether oxygens (including phenoxy) is 1. The zero-order valence-electron chi connectivity index (χ0n) is 11.8. The molecule has 0 aliphatic rings. The molecule has 0 heterocycles. The van der Waals surface area contributed by atoms with Crippen molar-refractivity contribution in [2.24, 2.45) is 0 Å². The minimum atomic E-state index is -1.36. The van der Waals surface area contributed by atoms with Gasteiger partial charge in [0.2, 0.25) is 0 Å². The molecule has 0 amide bonds. The average Bonchev–Trinajstić information content (AvgIpc) is 2.46. The summed E-state index contributed by atoms with van der Waals surface area (Å²) < 4.78 is 5.21. The van der Waals surface area contributed by atoms with Crippen LogP contribution in [0.5, 0.6) is 5.75 Å². The van der Waals surface area contributed by atoms with E-state index in [9.17, 15) is 10.2 Å². The minimum absolute atomic E-state index is 0.649. The number of allylic oxidation sites excluding steroid dienone is 1. The number of rotatable bonds is 5. The third-order valence-corrected chi connectivity index (χ3v) is 3.52. The van der Waals surface area contributed by atoms with Gasteiger partial charge in [-0.15, -0.1) is 0 Å². The van der Waals surface area contributed by atoms with E-state index in [0.29, 0.717) is 12.0 Å². The molecule has 2 aromatic carbocycles. The molecule has 0 saturated heterocycles. The van der Waals surface area contributed by atoms with Crippen LogP contribution in [0.25, 0.3) is 10.8 Å². The first-order chi connectivity index (χ1) is 9.63. The predicted octanol–water partition coefficient (Wildman–Crippen LogP) is 3.04. The molecule has 20 heavy (non-hydrogen) atoms. The summed E-state index contributed by atoms with van der Waals surface area (Å²) in [5.74, 6) is 0.852. The highest BCUT2D eigenvalue weighted by molar-refractivity contribution is 5.84. The molecule has 2 N–H and O–H groups in total. The summed E-state index contributed by atoms with van der Waals surface area (Å²) in [5, 5.41) is 20.7. The Bertz CT molecular complexity index is 615. The second-order valence-electron chi connectivity index (χ2n) is 4.78. The van der Waals surface area contributed by atoms with Gasteiger partial charge in [0.15, 0.2) is 6.29 Å². The lowest BCUT2D eigenvalue weighted by atomic mass is 10.0. The van der Waals surface area contributed by atoms with E-state index in [1.807, 2.05) is 25.1 Å². The van der Waals surface area contributed by atoms with Gasteiger partial charge in [0, 0.05) is 0 Å². The van der Waals surface area contributed by atoms with Gasteiger partial charge < -0.3 is 14.9 Å². The van der Waals surface area contributed by atoms with Crippen molar-refractivity contribution >= 4 is 10.8 Å². The van der Waals surface area contributed by atoms with Crippen LogP contribution >= 0.6 is 0 Å². The van der Waals surface area contributed by atoms with Crippen molar-refractivity contribution in [2.75, 3.05) is 7.11 Å². The smallest absolute Gasteiger partial charge is 0.174 e. The van der Waals surface area contributed by atoms with Gasteiger partial charge in [-0.05, 0) is 53.8 Å². The van der Waals surface area contributed by atoms with E-state index < -0.39 is 6.29 Å². The molecule has 0 unspecified atom stereocenters. The van der Waals surface area contributed by atoms with Crippen LogP contribution in [0.15, 0.2) is 48.0 Å². The first kappa shape index (κ1) is 14.6. The standard InChI is InChI=1S/C17H20O3/c1-3-13(17(18)19)6-4-12-5-7-15-11-16(20-2)9-8-14(15)10-12/h3,5,7-11,17-19H,4,6H2,1-2H3. The molecule has 0 bridgehead atoms. The second-order valence-corrected chi connectivity index (χ2v) is 4.78. The van der Waals surface area contributed by atoms with Crippen molar-refractivity contribution in [3.05, 3.63) is 53.6 Å². The highest BCUT2D eigenvalue weighted by Crippen LogP contribution is 2.23. The zero-order valence-corrected chi connectivity index (χ0v) is 11.8. The Morgan fingerprint density at radius 3 is 2.50 bits per heavy atom. The van der Waals surface area contributed by atoms with Crippen molar-refractivity contribution in [2.45, 2.75) is 26.1 Å². The van der Waals surface area contributed by atoms with Gasteiger partial charge in [-0.1, -0.05) is 30.3 Å². The van der Waals surface area contributed by atoms with Crippen LogP contribution in [-0.2, 0) is 6.42 Å². The zero-order chi connectivity index (χ0) is 14.5. The molecular formula is C17H20O3. The van der Waals surface area contributed by atoms with Crippen molar-refractivity contribution in [3.8, 4) is 5.75 Å². The Labute approximate surface area is 119 Å². The largest absolute Gasteiger partial charge is 0.497 e. The fourth-order valence-corrected chi connectivity index (χ4v) is 2.27. The van der Waals surface area contributed by atoms with Crippen molar-refractivity contribution in [1.29, 1.82) is 0 Å². The number of methoxy groups -OCH3 is 1. The second kappa shape index (κ2) is 6.55. The molecule has 3 nitrogen and oxygen atoms in total. The maximum Gasteiger partial charge on any atom is 0.174 e. The molecular weight excluding hydrogens is 252 g/mol. The molecule has 0 aromatic heterocycles. The lowest BCUT2D eigenvalue weighted by Gasteiger charge is -2.10. The molecule has 0 saturated carbocycles. The number of aliphatic hydroxyl groups excluding tert-OH is 1. The van der Waals surface area contributed by atoms with Crippen LogP contribution in [0.1, 0.15) is 18.9 Å². The van der Waals surface area contributed by atoms with Crippen LogP contribution in [0.2, 0.25) is 0 Å². The number of aliphatic hydroxyl groups is 2. The topological polar surface area (TPSA) is 49.7 Å². The summed E-state index contributed by atoms with van der Waals surface area (Å²) in [4.78, 5) is 0. The summed E-state index contributed by atoms with van der Waals surface area (Å²) in [7, 11) is 1.66. The number of fused-ring (bicyclic) bond motifs is 1. The summed E-state index contributed by atoms with van der Waals surface area (Å²) >= 11 is 0. The van der Waals surface area contributed by atoms with E-state index in [4.69, 9.17) is 4.74 Å². The molecule has 3 heteroatoms. The van der Waals surface area contributed by atoms with E-state index in [2.05, 4.69) is 18.2 Å². The van der Waals surface area contributed by atoms with Gasteiger partial charge in [0.25, 0.3) is 0 Å². The molecule has 0 spiro atoms. The minimum Gasteiger partial charge on any atom is -0.497 e. The van der Waals surface area contributed by atoms with Gasteiger partial charge in [0.1, 0.15) is 5.75 Å². The van der Waals surface area contributed by atoms with E-state index in [0.717, 1.165) is 22.9 Å². The van der Waals surface area contributed by atoms with E-state index in [1.54, 1.807) is 13.2 Å². The van der Waals surface area contributed by atoms with Gasteiger partial charge in [-0.3, -0.25) is 0 Å². The summed E-state index contributed by atoms with van der Waals surface area (Å²) in [6.45, 7) is 1.82. The highest BCUT2D eigenvalue weighted by atomic mass is 16.5. The lowest BCUT2D eigenvalue weighted by molar-refractivity contribution is -0.0103. The van der Waals surface area contributed by atoms with Gasteiger partial charge in [-0.2, -0.15) is 0 Å².